The van der Waals surface area contributed by atoms with Crippen LogP contribution in [0.5, 0.6) is 0 Å². The van der Waals surface area contributed by atoms with Crippen molar-refractivity contribution in [2.24, 2.45) is 0 Å². The summed E-state index contributed by atoms with van der Waals surface area (Å²) in [7, 11) is 1.55. The Morgan fingerprint density at radius 1 is 1.13 bits per heavy atom. The number of halogens is 1. The summed E-state index contributed by atoms with van der Waals surface area (Å²) in [5.74, 6) is -0.300. The van der Waals surface area contributed by atoms with E-state index in [1.807, 2.05) is 36.4 Å². The normalized spacial score (nSPS) is 12.4. The lowest BCUT2D eigenvalue weighted by Gasteiger charge is -2.12. The number of ether oxygens (including phenoxy) is 2. The van der Waals surface area contributed by atoms with Gasteiger partial charge in [0.25, 0.3) is 0 Å². The van der Waals surface area contributed by atoms with Crippen molar-refractivity contribution in [3.63, 3.8) is 0 Å². The van der Waals surface area contributed by atoms with Crippen molar-refractivity contribution in [3.8, 4) is 0 Å². The first-order valence-electron chi connectivity index (χ1n) is 9.46. The van der Waals surface area contributed by atoms with Gasteiger partial charge in [0.1, 0.15) is 23.0 Å². The van der Waals surface area contributed by atoms with Crippen LogP contribution in [0.3, 0.4) is 0 Å². The molecule has 1 atom stereocenters. The first-order valence-corrected chi connectivity index (χ1v) is 9.84. The van der Waals surface area contributed by atoms with Gasteiger partial charge in [-0.2, -0.15) is 0 Å². The average molecular weight is 425 g/mol. The second-order valence-corrected chi connectivity index (χ2v) is 7.47. The van der Waals surface area contributed by atoms with Gasteiger partial charge in [0, 0.05) is 12.1 Å². The maximum Gasteiger partial charge on any atom is 0.344 e. The van der Waals surface area contributed by atoms with Gasteiger partial charge < -0.3 is 19.8 Å². The highest BCUT2D eigenvalue weighted by molar-refractivity contribution is 6.30. The second-order valence-electron chi connectivity index (χ2n) is 7.03. The summed E-state index contributed by atoms with van der Waals surface area (Å²) in [6, 6.07) is 14.9. The van der Waals surface area contributed by atoms with E-state index in [9.17, 15) is 4.79 Å². The molecule has 8 heteroatoms. The van der Waals surface area contributed by atoms with Gasteiger partial charge in [-0.25, -0.2) is 14.8 Å². The molecule has 7 nitrogen and oxygen atoms in total. The third-order valence-corrected chi connectivity index (χ3v) is 5.01. The zero-order valence-corrected chi connectivity index (χ0v) is 17.4. The van der Waals surface area contributed by atoms with E-state index in [4.69, 9.17) is 31.8 Å². The fourth-order valence-electron chi connectivity index (χ4n) is 3.36. The van der Waals surface area contributed by atoms with Crippen LogP contribution >= 0.6 is 11.6 Å². The number of hydrogen-bond donors (Lipinski definition) is 1. The number of nitrogen functional groups attached to an aromatic ring is 1. The van der Waals surface area contributed by atoms with Crippen molar-refractivity contribution in [3.05, 3.63) is 64.7 Å². The number of nitrogens with two attached hydrogens (primary N) is 1. The lowest BCUT2D eigenvalue weighted by atomic mass is 10.2. The Labute approximate surface area is 178 Å². The van der Waals surface area contributed by atoms with E-state index in [0.717, 1.165) is 5.56 Å². The van der Waals surface area contributed by atoms with Crippen LogP contribution in [-0.2, 0) is 16.0 Å². The predicted molar refractivity (Wildman–Crippen MR) is 117 cm³/mol. The Hall–Kier alpha value is -3.16. The Bertz CT molecular complexity index is 1220. The van der Waals surface area contributed by atoms with E-state index in [-0.39, 0.29) is 18.0 Å². The molecule has 2 heterocycles. The lowest BCUT2D eigenvalue weighted by Crippen LogP contribution is -2.20. The van der Waals surface area contributed by atoms with Crippen LogP contribution in [0, 0.1) is 0 Å². The minimum atomic E-state index is -0.554. The van der Waals surface area contributed by atoms with Crippen LogP contribution in [0.2, 0.25) is 5.02 Å². The number of benzene rings is 2. The van der Waals surface area contributed by atoms with Crippen molar-refractivity contribution in [1.82, 2.24) is 14.5 Å². The molecule has 0 radical (unpaired) electrons. The number of carbonyl (C=O) groups is 1. The van der Waals surface area contributed by atoms with Crippen LogP contribution in [0.4, 0.5) is 5.82 Å². The molecule has 0 unspecified atom stereocenters. The number of aromatic nitrogens is 3. The Morgan fingerprint density at radius 2 is 1.80 bits per heavy atom. The standard InChI is InChI=1S/C22H21ClN4O3/c1-13(12-29-2)30-22(28)18-19-21(26-17-6-4-3-5-16(17)25-19)27(20(18)24)11-14-7-9-15(23)10-8-14/h3-10,13H,11-12,24H2,1-2H3/t13-/m0/s1. The topological polar surface area (TPSA) is 92.3 Å². The smallest absolute Gasteiger partial charge is 0.344 e. The molecule has 0 fully saturated rings. The van der Waals surface area contributed by atoms with Gasteiger partial charge in [-0.3, -0.25) is 0 Å². The Morgan fingerprint density at radius 3 is 2.47 bits per heavy atom. The molecule has 0 bridgehead atoms. The highest BCUT2D eigenvalue weighted by Crippen LogP contribution is 2.29. The molecule has 0 saturated carbocycles. The van der Waals surface area contributed by atoms with Crippen LogP contribution < -0.4 is 5.73 Å². The molecule has 0 saturated heterocycles. The van der Waals surface area contributed by atoms with Gasteiger partial charge in [-0.15, -0.1) is 0 Å². The fourth-order valence-corrected chi connectivity index (χ4v) is 3.49. The van der Waals surface area contributed by atoms with E-state index >= 15 is 0 Å². The highest BCUT2D eigenvalue weighted by atomic mass is 35.5. The molecule has 0 amide bonds. The quantitative estimate of drug-likeness (QED) is 0.469. The van der Waals surface area contributed by atoms with Crippen molar-refractivity contribution in [1.29, 1.82) is 0 Å². The van der Waals surface area contributed by atoms with Crippen molar-refractivity contribution >= 4 is 45.6 Å². The number of para-hydroxylation sites is 2. The monoisotopic (exact) mass is 424 g/mol. The molecule has 0 spiro atoms. The maximum absolute atomic E-state index is 13.0. The number of carbonyl (C=O) groups excluding carboxylic acids is 1. The van der Waals surface area contributed by atoms with Crippen molar-refractivity contribution in [2.75, 3.05) is 19.5 Å². The van der Waals surface area contributed by atoms with E-state index < -0.39 is 12.1 Å². The molecular weight excluding hydrogens is 404 g/mol. The summed E-state index contributed by atoms with van der Waals surface area (Å²) in [5.41, 5.74) is 9.93. The first kappa shape index (κ1) is 20.1. The Balaban J connectivity index is 1.87. The summed E-state index contributed by atoms with van der Waals surface area (Å²) in [5, 5.41) is 0.645. The SMILES string of the molecule is COC[C@H](C)OC(=O)c1c(N)n(Cc2ccc(Cl)cc2)c2nc3ccccc3nc12. The third kappa shape index (κ3) is 3.81. The number of esters is 1. The van der Waals surface area contributed by atoms with E-state index in [1.54, 1.807) is 30.7 Å². The summed E-state index contributed by atoms with van der Waals surface area (Å²) in [6.45, 7) is 2.45. The predicted octanol–water partition coefficient (Wildman–Crippen LogP) is 4.06. The molecule has 4 rings (SSSR count). The van der Waals surface area contributed by atoms with E-state index in [2.05, 4.69) is 4.98 Å². The molecule has 2 aromatic heterocycles. The van der Waals surface area contributed by atoms with Crippen LogP contribution in [-0.4, -0.2) is 40.3 Å². The molecule has 0 aliphatic heterocycles. The fraction of sp³-hybridized carbons (Fsp3) is 0.227. The summed E-state index contributed by atoms with van der Waals surface area (Å²) in [4.78, 5) is 22.4. The summed E-state index contributed by atoms with van der Waals surface area (Å²) < 4.78 is 12.3. The minimum absolute atomic E-state index is 0.208. The van der Waals surface area contributed by atoms with Crippen LogP contribution in [0.15, 0.2) is 48.5 Å². The summed E-state index contributed by atoms with van der Waals surface area (Å²) in [6.07, 6.45) is -0.426. The van der Waals surface area contributed by atoms with Gasteiger partial charge in [-0.05, 0) is 36.8 Å². The molecule has 4 aromatic rings. The van der Waals surface area contributed by atoms with Gasteiger partial charge in [0.2, 0.25) is 0 Å². The molecule has 2 N–H and O–H groups in total. The largest absolute Gasteiger partial charge is 0.456 e. The average Bonchev–Trinajstić information content (AvgIpc) is 2.98. The number of methoxy groups -OCH3 is 1. The van der Waals surface area contributed by atoms with Gasteiger partial charge in [0.15, 0.2) is 5.65 Å². The van der Waals surface area contributed by atoms with Crippen molar-refractivity contribution in [2.45, 2.75) is 19.6 Å². The number of nitrogens with zero attached hydrogens (tertiary/aromatic N) is 3. The number of rotatable bonds is 6. The molecule has 0 aliphatic rings. The van der Waals surface area contributed by atoms with Gasteiger partial charge in [0.05, 0.1) is 24.2 Å². The molecule has 30 heavy (non-hydrogen) atoms. The molecule has 154 valence electrons. The second kappa shape index (κ2) is 8.30. The molecule has 0 aliphatic carbocycles. The number of fused-ring (bicyclic) bond motifs is 2. The van der Waals surface area contributed by atoms with Crippen LogP contribution in [0.25, 0.3) is 22.2 Å². The molecular formula is C22H21ClN4O3. The van der Waals surface area contributed by atoms with E-state index in [1.165, 1.54) is 0 Å². The number of hydrogen-bond acceptors (Lipinski definition) is 6. The van der Waals surface area contributed by atoms with Gasteiger partial charge in [-0.1, -0.05) is 35.9 Å². The minimum Gasteiger partial charge on any atom is -0.456 e. The Kier molecular flexibility index (Phi) is 5.57. The maximum atomic E-state index is 13.0. The van der Waals surface area contributed by atoms with E-state index in [0.29, 0.717) is 33.8 Å². The zero-order valence-electron chi connectivity index (χ0n) is 16.6. The molecule has 2 aromatic carbocycles. The lowest BCUT2D eigenvalue weighted by molar-refractivity contribution is 0.0123. The third-order valence-electron chi connectivity index (χ3n) is 4.76. The first-order chi connectivity index (χ1) is 14.5. The zero-order chi connectivity index (χ0) is 21.3. The van der Waals surface area contributed by atoms with Gasteiger partial charge >= 0.3 is 5.97 Å². The van der Waals surface area contributed by atoms with Crippen LogP contribution in [0.1, 0.15) is 22.8 Å². The van der Waals surface area contributed by atoms with Crippen molar-refractivity contribution < 1.29 is 14.3 Å². The summed E-state index contributed by atoms with van der Waals surface area (Å²) >= 11 is 6.00. The number of anilines is 1. The highest BCUT2D eigenvalue weighted by Gasteiger charge is 2.26.